The smallest absolute Gasteiger partial charge is 0.227 e. The molecule has 0 spiro atoms. The standard InChI is InChI=1S/C17H21ClN4O2.ClH/c18-12-3-1-11(2-4-12)17-21-16(24-22-17)10-9-15(23)20-14-7-5-13(19)6-8-14;/h1-4,13-14H,5-10,19H2,(H,20,23);1H. The summed E-state index contributed by atoms with van der Waals surface area (Å²) in [4.78, 5) is 16.4. The first kappa shape index (κ1) is 19.7. The van der Waals surface area contributed by atoms with Gasteiger partial charge in [-0.05, 0) is 49.9 Å². The van der Waals surface area contributed by atoms with Gasteiger partial charge in [0.15, 0.2) is 0 Å². The molecule has 1 heterocycles. The summed E-state index contributed by atoms with van der Waals surface area (Å²) in [6.07, 6.45) is 4.62. The number of nitrogens with two attached hydrogens (primary N) is 1. The first-order chi connectivity index (χ1) is 11.6. The van der Waals surface area contributed by atoms with E-state index < -0.39 is 0 Å². The maximum atomic E-state index is 12.0. The third kappa shape index (κ3) is 5.70. The average molecular weight is 385 g/mol. The monoisotopic (exact) mass is 384 g/mol. The van der Waals surface area contributed by atoms with Crippen molar-refractivity contribution in [3.63, 3.8) is 0 Å². The molecule has 25 heavy (non-hydrogen) atoms. The molecule has 1 aromatic carbocycles. The fourth-order valence-electron chi connectivity index (χ4n) is 2.86. The van der Waals surface area contributed by atoms with E-state index in [0.717, 1.165) is 31.2 Å². The number of rotatable bonds is 5. The first-order valence-corrected chi connectivity index (χ1v) is 8.61. The highest BCUT2D eigenvalue weighted by atomic mass is 35.5. The Morgan fingerprint density at radius 3 is 2.60 bits per heavy atom. The summed E-state index contributed by atoms with van der Waals surface area (Å²) in [5.74, 6) is 0.978. The zero-order valence-electron chi connectivity index (χ0n) is 13.8. The van der Waals surface area contributed by atoms with Gasteiger partial charge in [0, 0.05) is 35.5 Å². The summed E-state index contributed by atoms with van der Waals surface area (Å²) in [5, 5.41) is 7.65. The number of hydrogen-bond donors (Lipinski definition) is 2. The van der Waals surface area contributed by atoms with Crippen molar-refractivity contribution >= 4 is 29.9 Å². The van der Waals surface area contributed by atoms with Crippen molar-refractivity contribution in [2.45, 2.75) is 50.6 Å². The number of aryl methyl sites for hydroxylation is 1. The molecule has 0 saturated heterocycles. The Bertz CT molecular complexity index is 682. The molecule has 1 aromatic heterocycles. The molecule has 0 aliphatic heterocycles. The molecule has 3 rings (SSSR count). The van der Waals surface area contributed by atoms with Crippen molar-refractivity contribution in [3.05, 3.63) is 35.2 Å². The molecule has 1 aliphatic carbocycles. The van der Waals surface area contributed by atoms with Gasteiger partial charge in [0.2, 0.25) is 17.6 Å². The minimum atomic E-state index is 0. The van der Waals surface area contributed by atoms with E-state index in [0.29, 0.717) is 29.6 Å². The van der Waals surface area contributed by atoms with E-state index in [9.17, 15) is 4.79 Å². The van der Waals surface area contributed by atoms with Crippen molar-refractivity contribution < 1.29 is 9.32 Å². The molecule has 1 amide bonds. The molecule has 0 unspecified atom stereocenters. The molecule has 1 fully saturated rings. The largest absolute Gasteiger partial charge is 0.353 e. The number of amides is 1. The van der Waals surface area contributed by atoms with E-state index in [4.69, 9.17) is 21.9 Å². The van der Waals surface area contributed by atoms with Gasteiger partial charge in [-0.15, -0.1) is 12.4 Å². The second-order valence-electron chi connectivity index (χ2n) is 6.20. The molecule has 8 heteroatoms. The molecule has 3 N–H and O–H groups in total. The van der Waals surface area contributed by atoms with Crippen LogP contribution in [-0.4, -0.2) is 28.1 Å². The number of aromatic nitrogens is 2. The van der Waals surface area contributed by atoms with Crippen LogP contribution in [0.2, 0.25) is 5.02 Å². The van der Waals surface area contributed by atoms with Crippen LogP contribution >= 0.6 is 24.0 Å². The maximum Gasteiger partial charge on any atom is 0.227 e. The van der Waals surface area contributed by atoms with Crippen LogP contribution in [0.25, 0.3) is 11.4 Å². The quantitative estimate of drug-likeness (QED) is 0.825. The minimum Gasteiger partial charge on any atom is -0.353 e. The van der Waals surface area contributed by atoms with Gasteiger partial charge in [0.25, 0.3) is 0 Å². The minimum absolute atomic E-state index is 0. The van der Waals surface area contributed by atoms with Crippen LogP contribution in [0.1, 0.15) is 38.0 Å². The first-order valence-electron chi connectivity index (χ1n) is 8.23. The molecule has 1 aliphatic rings. The molecular formula is C17H22Cl2N4O2. The molecule has 6 nitrogen and oxygen atoms in total. The zero-order valence-corrected chi connectivity index (χ0v) is 15.4. The number of halogens is 2. The fraction of sp³-hybridized carbons (Fsp3) is 0.471. The van der Waals surface area contributed by atoms with Crippen molar-refractivity contribution in [1.29, 1.82) is 0 Å². The number of carbonyl (C=O) groups is 1. The molecule has 0 atom stereocenters. The second-order valence-corrected chi connectivity index (χ2v) is 6.63. The summed E-state index contributed by atoms with van der Waals surface area (Å²) in [6.45, 7) is 0. The predicted molar refractivity (Wildman–Crippen MR) is 98.7 cm³/mol. The number of hydrogen-bond acceptors (Lipinski definition) is 5. The van der Waals surface area contributed by atoms with Crippen molar-refractivity contribution in [2.75, 3.05) is 0 Å². The Labute approximate surface area is 157 Å². The Kier molecular flexibility index (Phi) is 7.23. The van der Waals surface area contributed by atoms with Crippen LogP contribution in [0.5, 0.6) is 0 Å². The third-order valence-electron chi connectivity index (χ3n) is 4.27. The van der Waals surface area contributed by atoms with Crippen molar-refractivity contribution in [2.24, 2.45) is 5.73 Å². The van der Waals surface area contributed by atoms with Crippen LogP contribution in [0.15, 0.2) is 28.8 Å². The summed E-state index contributed by atoms with van der Waals surface area (Å²) < 4.78 is 5.21. The highest BCUT2D eigenvalue weighted by Gasteiger charge is 2.20. The lowest BCUT2D eigenvalue weighted by Gasteiger charge is -2.26. The lowest BCUT2D eigenvalue weighted by Crippen LogP contribution is -2.40. The second kappa shape index (κ2) is 9.17. The number of nitrogens with one attached hydrogen (secondary N) is 1. The van der Waals surface area contributed by atoms with Gasteiger partial charge in [0.1, 0.15) is 0 Å². The summed E-state index contributed by atoms with van der Waals surface area (Å²) in [7, 11) is 0. The Morgan fingerprint density at radius 1 is 1.24 bits per heavy atom. The van der Waals surface area contributed by atoms with Gasteiger partial charge in [-0.2, -0.15) is 4.98 Å². The Morgan fingerprint density at radius 2 is 1.92 bits per heavy atom. The molecule has 1 saturated carbocycles. The molecule has 2 aromatic rings. The molecule has 136 valence electrons. The number of nitrogens with zero attached hydrogens (tertiary/aromatic N) is 2. The fourth-order valence-corrected chi connectivity index (χ4v) is 2.98. The predicted octanol–water partition coefficient (Wildman–Crippen LogP) is 3.13. The van der Waals surface area contributed by atoms with E-state index in [-0.39, 0.29) is 30.4 Å². The highest BCUT2D eigenvalue weighted by molar-refractivity contribution is 6.30. The number of benzene rings is 1. The lowest BCUT2D eigenvalue weighted by atomic mass is 9.92. The third-order valence-corrected chi connectivity index (χ3v) is 4.53. The van der Waals surface area contributed by atoms with Crippen LogP contribution < -0.4 is 11.1 Å². The van der Waals surface area contributed by atoms with E-state index in [2.05, 4.69) is 15.5 Å². The highest BCUT2D eigenvalue weighted by Crippen LogP contribution is 2.19. The van der Waals surface area contributed by atoms with Crippen molar-refractivity contribution in [1.82, 2.24) is 15.5 Å². The summed E-state index contributed by atoms with van der Waals surface area (Å²) >= 11 is 5.86. The van der Waals surface area contributed by atoms with Gasteiger partial charge >= 0.3 is 0 Å². The number of carbonyl (C=O) groups excluding carboxylic acids is 1. The van der Waals surface area contributed by atoms with Gasteiger partial charge in [-0.1, -0.05) is 16.8 Å². The summed E-state index contributed by atoms with van der Waals surface area (Å²) in [5.41, 5.74) is 6.70. The topological polar surface area (TPSA) is 94.0 Å². The van der Waals surface area contributed by atoms with Crippen LogP contribution in [0.4, 0.5) is 0 Å². The van der Waals surface area contributed by atoms with E-state index in [1.54, 1.807) is 12.1 Å². The SMILES string of the molecule is Cl.NC1CCC(NC(=O)CCc2nc(-c3ccc(Cl)cc3)no2)CC1. The maximum absolute atomic E-state index is 12.0. The zero-order chi connectivity index (χ0) is 16.9. The van der Waals surface area contributed by atoms with Gasteiger partial charge in [-0.25, -0.2) is 0 Å². The average Bonchev–Trinajstić information content (AvgIpc) is 3.05. The molecule has 0 radical (unpaired) electrons. The molecule has 0 bridgehead atoms. The van der Waals surface area contributed by atoms with Crippen LogP contribution in [0.3, 0.4) is 0 Å². The van der Waals surface area contributed by atoms with Gasteiger partial charge < -0.3 is 15.6 Å². The Hall–Kier alpha value is -1.63. The Balaban J connectivity index is 0.00000225. The van der Waals surface area contributed by atoms with E-state index >= 15 is 0 Å². The van der Waals surface area contributed by atoms with Crippen LogP contribution in [0, 0.1) is 0 Å². The van der Waals surface area contributed by atoms with Crippen LogP contribution in [-0.2, 0) is 11.2 Å². The van der Waals surface area contributed by atoms with E-state index in [1.165, 1.54) is 0 Å². The van der Waals surface area contributed by atoms with Crippen molar-refractivity contribution in [3.8, 4) is 11.4 Å². The van der Waals surface area contributed by atoms with Gasteiger partial charge in [0.05, 0.1) is 0 Å². The normalized spacial score (nSPS) is 19.9. The van der Waals surface area contributed by atoms with E-state index in [1.807, 2.05) is 12.1 Å². The summed E-state index contributed by atoms with van der Waals surface area (Å²) in [6, 6.07) is 7.73. The van der Waals surface area contributed by atoms with Gasteiger partial charge in [-0.3, -0.25) is 4.79 Å². The lowest BCUT2D eigenvalue weighted by molar-refractivity contribution is -0.122. The molecular weight excluding hydrogens is 363 g/mol.